The first-order valence-corrected chi connectivity index (χ1v) is 9.08. The van der Waals surface area contributed by atoms with Crippen molar-refractivity contribution in [2.24, 2.45) is 11.8 Å². The van der Waals surface area contributed by atoms with Gasteiger partial charge in [0.1, 0.15) is 11.6 Å². The Balaban J connectivity index is 2.14. The van der Waals surface area contributed by atoms with Crippen LogP contribution in [0.25, 0.3) is 0 Å². The van der Waals surface area contributed by atoms with Crippen molar-refractivity contribution >= 4 is 9.84 Å². The summed E-state index contributed by atoms with van der Waals surface area (Å²) in [5, 5.41) is 3.20. The summed E-state index contributed by atoms with van der Waals surface area (Å²) in [6.07, 6.45) is 0.964. The molecule has 1 aliphatic rings. The number of rotatable bonds is 6. The Labute approximate surface area is 124 Å². The van der Waals surface area contributed by atoms with Gasteiger partial charge in [0, 0.05) is 0 Å². The van der Waals surface area contributed by atoms with Gasteiger partial charge in [-0.2, -0.15) is 0 Å². The van der Waals surface area contributed by atoms with Crippen LogP contribution in [0.4, 0.5) is 8.78 Å². The highest BCUT2D eigenvalue weighted by Gasteiger charge is 2.33. The van der Waals surface area contributed by atoms with E-state index in [0.29, 0.717) is 24.9 Å². The van der Waals surface area contributed by atoms with Gasteiger partial charge >= 0.3 is 0 Å². The lowest BCUT2D eigenvalue weighted by Gasteiger charge is -2.23. The lowest BCUT2D eigenvalue weighted by Crippen LogP contribution is -2.30. The molecule has 3 nitrogen and oxygen atoms in total. The molecule has 21 heavy (non-hydrogen) atoms. The molecule has 118 valence electrons. The zero-order valence-corrected chi connectivity index (χ0v) is 12.9. The fourth-order valence-corrected chi connectivity index (χ4v) is 4.83. The van der Waals surface area contributed by atoms with E-state index in [0.717, 1.165) is 18.7 Å². The van der Waals surface area contributed by atoms with Crippen LogP contribution in [-0.4, -0.2) is 33.0 Å². The summed E-state index contributed by atoms with van der Waals surface area (Å²) in [5.41, 5.74) is 0.321. The van der Waals surface area contributed by atoms with E-state index >= 15 is 0 Å². The second-order valence-electron chi connectivity index (χ2n) is 5.67. The Hall–Kier alpha value is -1.01. The maximum Gasteiger partial charge on any atom is 0.150 e. The fourth-order valence-electron chi connectivity index (χ4n) is 2.91. The van der Waals surface area contributed by atoms with Gasteiger partial charge in [-0.1, -0.05) is 6.92 Å². The lowest BCUT2D eigenvalue weighted by molar-refractivity contribution is 0.342. The van der Waals surface area contributed by atoms with Gasteiger partial charge in [0.05, 0.1) is 11.5 Å². The van der Waals surface area contributed by atoms with Crippen molar-refractivity contribution in [3.8, 4) is 0 Å². The van der Waals surface area contributed by atoms with Crippen LogP contribution >= 0.6 is 0 Å². The van der Waals surface area contributed by atoms with Crippen molar-refractivity contribution in [2.45, 2.75) is 19.8 Å². The SMILES string of the molecule is CCNCC(Cc1cc(F)ccc1F)C1CCS(=O)(=O)C1. The molecule has 6 heteroatoms. The van der Waals surface area contributed by atoms with Crippen LogP contribution in [0.5, 0.6) is 0 Å². The molecule has 1 N–H and O–H groups in total. The number of hydrogen-bond donors (Lipinski definition) is 1. The molecule has 0 amide bonds. The van der Waals surface area contributed by atoms with E-state index in [1.165, 1.54) is 6.07 Å². The van der Waals surface area contributed by atoms with Gasteiger partial charge in [-0.25, -0.2) is 17.2 Å². The topological polar surface area (TPSA) is 46.2 Å². The first-order valence-electron chi connectivity index (χ1n) is 7.26. The first-order chi connectivity index (χ1) is 9.91. The highest BCUT2D eigenvalue weighted by Crippen LogP contribution is 2.29. The molecule has 1 heterocycles. The zero-order valence-electron chi connectivity index (χ0n) is 12.1. The van der Waals surface area contributed by atoms with Crippen molar-refractivity contribution in [2.75, 3.05) is 24.6 Å². The molecular weight excluding hydrogens is 296 g/mol. The minimum Gasteiger partial charge on any atom is -0.317 e. The minimum absolute atomic E-state index is 0.00137. The molecule has 1 aromatic carbocycles. The van der Waals surface area contributed by atoms with Gasteiger partial charge in [-0.3, -0.25) is 0 Å². The highest BCUT2D eigenvalue weighted by atomic mass is 32.2. The predicted molar refractivity (Wildman–Crippen MR) is 78.9 cm³/mol. The van der Waals surface area contributed by atoms with Crippen LogP contribution in [0, 0.1) is 23.5 Å². The van der Waals surface area contributed by atoms with Gasteiger partial charge in [-0.05, 0) is 61.5 Å². The summed E-state index contributed by atoms with van der Waals surface area (Å²) >= 11 is 0. The van der Waals surface area contributed by atoms with E-state index < -0.39 is 21.5 Å². The van der Waals surface area contributed by atoms with Crippen LogP contribution in [0.3, 0.4) is 0 Å². The molecule has 0 spiro atoms. The van der Waals surface area contributed by atoms with Crippen molar-refractivity contribution in [3.05, 3.63) is 35.4 Å². The average molecular weight is 317 g/mol. The molecule has 0 aliphatic carbocycles. The summed E-state index contributed by atoms with van der Waals surface area (Å²) in [4.78, 5) is 0. The average Bonchev–Trinajstić information content (AvgIpc) is 2.78. The number of halogens is 2. The molecule has 0 saturated carbocycles. The Morgan fingerprint density at radius 2 is 2.14 bits per heavy atom. The molecule has 0 radical (unpaired) electrons. The second kappa shape index (κ2) is 6.83. The van der Waals surface area contributed by atoms with Crippen molar-refractivity contribution in [1.29, 1.82) is 0 Å². The largest absolute Gasteiger partial charge is 0.317 e. The van der Waals surface area contributed by atoms with E-state index in [4.69, 9.17) is 0 Å². The maximum atomic E-state index is 13.8. The van der Waals surface area contributed by atoms with Crippen molar-refractivity contribution in [3.63, 3.8) is 0 Å². The molecule has 1 aromatic rings. The van der Waals surface area contributed by atoms with Gasteiger partial charge < -0.3 is 5.32 Å². The minimum atomic E-state index is -2.97. The quantitative estimate of drug-likeness (QED) is 0.875. The van der Waals surface area contributed by atoms with E-state index in [9.17, 15) is 17.2 Å². The first kappa shape index (κ1) is 16.4. The summed E-state index contributed by atoms with van der Waals surface area (Å²) < 4.78 is 50.3. The molecule has 2 unspecified atom stereocenters. The van der Waals surface area contributed by atoms with Crippen LogP contribution in [0.15, 0.2) is 18.2 Å². The van der Waals surface area contributed by atoms with Gasteiger partial charge in [0.25, 0.3) is 0 Å². The maximum absolute atomic E-state index is 13.8. The predicted octanol–water partition coefficient (Wildman–Crippen LogP) is 2.17. The standard InChI is InChI=1S/C15H21F2NO2S/c1-2-18-9-13(11-5-6-21(19,20)10-11)7-12-8-14(16)3-4-15(12)17/h3-4,8,11,13,18H,2,5-7,9-10H2,1H3. The third kappa shape index (κ3) is 4.48. The molecule has 2 atom stereocenters. The molecule has 0 bridgehead atoms. The molecular formula is C15H21F2NO2S. The van der Waals surface area contributed by atoms with E-state index in [2.05, 4.69) is 5.32 Å². The summed E-state index contributed by atoms with van der Waals surface area (Å²) in [7, 11) is -2.97. The second-order valence-corrected chi connectivity index (χ2v) is 7.90. The van der Waals surface area contributed by atoms with Crippen LogP contribution in [0.1, 0.15) is 18.9 Å². The Morgan fingerprint density at radius 1 is 1.38 bits per heavy atom. The van der Waals surface area contributed by atoms with E-state index in [-0.39, 0.29) is 23.3 Å². The number of sulfone groups is 1. The third-order valence-electron chi connectivity index (χ3n) is 4.08. The number of hydrogen-bond acceptors (Lipinski definition) is 3. The van der Waals surface area contributed by atoms with E-state index in [1.54, 1.807) is 0 Å². The highest BCUT2D eigenvalue weighted by molar-refractivity contribution is 7.91. The Bertz CT molecular complexity index is 589. The molecule has 1 saturated heterocycles. The van der Waals surface area contributed by atoms with Gasteiger partial charge in [0.15, 0.2) is 9.84 Å². The summed E-state index contributed by atoms with van der Waals surface area (Å²) in [6, 6.07) is 3.43. The molecule has 0 aromatic heterocycles. The Morgan fingerprint density at radius 3 is 2.76 bits per heavy atom. The van der Waals surface area contributed by atoms with Gasteiger partial charge in [0.2, 0.25) is 0 Å². The normalized spacial score (nSPS) is 22.3. The Kier molecular flexibility index (Phi) is 5.32. The van der Waals surface area contributed by atoms with E-state index in [1.807, 2.05) is 6.92 Å². The smallest absolute Gasteiger partial charge is 0.150 e. The van der Waals surface area contributed by atoms with Crippen LogP contribution < -0.4 is 5.32 Å². The zero-order chi connectivity index (χ0) is 15.5. The van der Waals surface area contributed by atoms with Crippen LogP contribution in [-0.2, 0) is 16.3 Å². The number of benzene rings is 1. The lowest BCUT2D eigenvalue weighted by atomic mass is 9.86. The summed E-state index contributed by atoms with van der Waals surface area (Å²) in [6.45, 7) is 3.35. The van der Waals surface area contributed by atoms with Crippen LogP contribution in [0.2, 0.25) is 0 Å². The monoisotopic (exact) mass is 317 g/mol. The molecule has 1 aliphatic heterocycles. The summed E-state index contributed by atoms with van der Waals surface area (Å²) in [5.74, 6) is -0.534. The van der Waals surface area contributed by atoms with Crippen molar-refractivity contribution < 1.29 is 17.2 Å². The molecule has 1 fully saturated rings. The van der Waals surface area contributed by atoms with Gasteiger partial charge in [-0.15, -0.1) is 0 Å². The fraction of sp³-hybridized carbons (Fsp3) is 0.600. The molecule has 2 rings (SSSR count). The third-order valence-corrected chi connectivity index (χ3v) is 5.87. The number of nitrogens with one attached hydrogen (secondary N) is 1. The van der Waals surface area contributed by atoms with Crippen molar-refractivity contribution in [1.82, 2.24) is 5.32 Å².